The van der Waals surface area contributed by atoms with E-state index in [4.69, 9.17) is 20.0 Å². The van der Waals surface area contributed by atoms with Crippen LogP contribution in [-0.2, 0) is 9.47 Å². The summed E-state index contributed by atoms with van der Waals surface area (Å²) in [5, 5.41) is 16.7. The van der Waals surface area contributed by atoms with Gasteiger partial charge in [0.1, 0.15) is 0 Å². The van der Waals surface area contributed by atoms with Crippen LogP contribution in [0.15, 0.2) is 37.0 Å². The van der Waals surface area contributed by atoms with Crippen molar-refractivity contribution in [3.63, 3.8) is 0 Å². The Morgan fingerprint density at radius 3 is 3.06 bits per heavy atom. The van der Waals surface area contributed by atoms with Crippen LogP contribution in [0.3, 0.4) is 0 Å². The molecule has 1 heterocycles. The maximum Gasteiger partial charge on any atom is 0.0850 e. The largest absolute Gasteiger partial charge is 0.396 e. The van der Waals surface area contributed by atoms with Gasteiger partial charge in [0.25, 0.3) is 0 Å². The zero-order chi connectivity index (χ0) is 13.4. The number of rotatable bonds is 7. The van der Waals surface area contributed by atoms with Crippen LogP contribution in [-0.4, -0.2) is 43.3 Å². The molecule has 0 aromatic heterocycles. The molecule has 18 heavy (non-hydrogen) atoms. The Labute approximate surface area is 108 Å². The number of hydrogen-bond acceptors (Lipinski definition) is 4. The monoisotopic (exact) mass is 251 g/mol. The second-order valence-corrected chi connectivity index (χ2v) is 4.34. The molecule has 0 unspecified atom stereocenters. The van der Waals surface area contributed by atoms with Crippen LogP contribution in [0, 0.1) is 11.3 Å². The fraction of sp³-hybridized carbons (Fsp3) is 0.500. The molecule has 2 atom stereocenters. The van der Waals surface area contributed by atoms with E-state index in [0.717, 1.165) is 5.57 Å². The minimum Gasteiger partial charge on any atom is -0.396 e. The van der Waals surface area contributed by atoms with Crippen molar-refractivity contribution in [3.05, 3.63) is 37.0 Å². The van der Waals surface area contributed by atoms with E-state index in [-0.39, 0.29) is 25.2 Å². The summed E-state index contributed by atoms with van der Waals surface area (Å²) in [7, 11) is 0. The average molecular weight is 251 g/mol. The number of hydrogen-bond donors (Lipinski definition) is 2. The predicted octanol–water partition coefficient (Wildman–Crippen LogP) is 1.72. The Morgan fingerprint density at radius 1 is 1.61 bits per heavy atom. The summed E-state index contributed by atoms with van der Waals surface area (Å²) >= 11 is 0. The minimum absolute atomic E-state index is 0.00741. The van der Waals surface area contributed by atoms with Crippen LogP contribution in [0.5, 0.6) is 0 Å². The number of ether oxygens (including phenoxy) is 2. The van der Waals surface area contributed by atoms with Gasteiger partial charge in [0.2, 0.25) is 0 Å². The molecule has 1 rings (SSSR count). The molecule has 0 radical (unpaired) electrons. The number of nitrogens with one attached hydrogen (secondary N) is 1. The first-order valence-electron chi connectivity index (χ1n) is 6.01. The van der Waals surface area contributed by atoms with Gasteiger partial charge in [-0.1, -0.05) is 31.4 Å². The van der Waals surface area contributed by atoms with Crippen LogP contribution in [0.4, 0.5) is 0 Å². The minimum atomic E-state index is -0.0868. The third-order valence-electron chi connectivity index (χ3n) is 2.79. The van der Waals surface area contributed by atoms with Gasteiger partial charge in [-0.15, -0.1) is 0 Å². The molecule has 0 spiro atoms. The van der Waals surface area contributed by atoms with Gasteiger partial charge in [0, 0.05) is 11.6 Å². The van der Waals surface area contributed by atoms with E-state index in [9.17, 15) is 0 Å². The van der Waals surface area contributed by atoms with E-state index in [1.54, 1.807) is 6.08 Å². The number of allylic oxidation sites excluding steroid dienone is 2. The summed E-state index contributed by atoms with van der Waals surface area (Å²) in [6.07, 6.45) is 5.94. The second kappa shape index (κ2) is 7.97. The predicted molar refractivity (Wildman–Crippen MR) is 72.0 cm³/mol. The molecule has 0 aliphatic carbocycles. The van der Waals surface area contributed by atoms with Gasteiger partial charge in [-0.05, 0) is 12.0 Å². The summed E-state index contributed by atoms with van der Waals surface area (Å²) < 4.78 is 11.0. The molecule has 0 bridgehead atoms. The summed E-state index contributed by atoms with van der Waals surface area (Å²) in [4.78, 5) is 0. The van der Waals surface area contributed by atoms with E-state index < -0.39 is 0 Å². The van der Waals surface area contributed by atoms with E-state index in [0.29, 0.717) is 25.3 Å². The van der Waals surface area contributed by atoms with Crippen LogP contribution in [0.25, 0.3) is 0 Å². The van der Waals surface area contributed by atoms with E-state index in [2.05, 4.69) is 13.2 Å². The van der Waals surface area contributed by atoms with Crippen LogP contribution < -0.4 is 0 Å². The number of aliphatic hydroxyl groups excluding tert-OH is 1. The lowest BCUT2D eigenvalue weighted by atomic mass is 9.95. The van der Waals surface area contributed by atoms with Gasteiger partial charge >= 0.3 is 0 Å². The molecule has 1 aliphatic heterocycles. The molecular formula is C14H21NO3. The van der Waals surface area contributed by atoms with Crippen molar-refractivity contribution in [2.75, 3.05) is 26.4 Å². The lowest BCUT2D eigenvalue weighted by molar-refractivity contribution is -0.0211. The third-order valence-corrected chi connectivity index (χ3v) is 2.79. The fourth-order valence-electron chi connectivity index (χ4n) is 1.73. The summed E-state index contributed by atoms with van der Waals surface area (Å²) in [5.74, 6) is -0.0868. The molecular weight excluding hydrogens is 230 g/mol. The normalized spacial score (nSPS) is 24.4. The molecule has 1 aliphatic rings. The molecule has 4 heteroatoms. The molecule has 100 valence electrons. The van der Waals surface area contributed by atoms with Gasteiger partial charge in [0.05, 0.1) is 32.5 Å². The van der Waals surface area contributed by atoms with Crippen LogP contribution in [0.2, 0.25) is 0 Å². The molecule has 2 N–H and O–H groups in total. The highest BCUT2D eigenvalue weighted by atomic mass is 16.5. The highest BCUT2D eigenvalue weighted by molar-refractivity contribution is 5.85. The Morgan fingerprint density at radius 2 is 2.39 bits per heavy atom. The van der Waals surface area contributed by atoms with Crippen molar-refractivity contribution in [3.8, 4) is 0 Å². The maximum atomic E-state index is 9.12. The second-order valence-electron chi connectivity index (χ2n) is 4.34. The maximum absolute atomic E-state index is 9.12. The van der Waals surface area contributed by atoms with Crippen molar-refractivity contribution in [2.45, 2.75) is 12.5 Å². The summed E-state index contributed by atoms with van der Waals surface area (Å²) in [6.45, 7) is 8.63. The first-order chi connectivity index (χ1) is 8.67. The first-order valence-corrected chi connectivity index (χ1v) is 6.01. The highest BCUT2D eigenvalue weighted by Crippen LogP contribution is 2.17. The van der Waals surface area contributed by atoms with Crippen molar-refractivity contribution in [2.24, 2.45) is 5.92 Å². The molecule has 1 saturated heterocycles. The van der Waals surface area contributed by atoms with E-state index in [1.807, 2.05) is 12.2 Å². The van der Waals surface area contributed by atoms with E-state index >= 15 is 0 Å². The van der Waals surface area contributed by atoms with Crippen molar-refractivity contribution in [1.82, 2.24) is 0 Å². The molecule has 0 aromatic rings. The number of aliphatic hydroxyl groups is 1. The zero-order valence-corrected chi connectivity index (χ0v) is 10.6. The molecule has 0 amide bonds. The smallest absolute Gasteiger partial charge is 0.0850 e. The Hall–Kier alpha value is -1.23. The van der Waals surface area contributed by atoms with Crippen molar-refractivity contribution in [1.29, 1.82) is 5.41 Å². The van der Waals surface area contributed by atoms with Gasteiger partial charge < -0.3 is 20.0 Å². The van der Waals surface area contributed by atoms with Gasteiger partial charge in [-0.25, -0.2) is 0 Å². The molecule has 4 nitrogen and oxygen atoms in total. The Balaban J connectivity index is 2.23. The molecule has 0 saturated carbocycles. The van der Waals surface area contributed by atoms with Gasteiger partial charge in [-0.2, -0.15) is 0 Å². The fourth-order valence-corrected chi connectivity index (χ4v) is 1.73. The highest BCUT2D eigenvalue weighted by Gasteiger charge is 2.26. The third kappa shape index (κ3) is 4.96. The Kier molecular flexibility index (Phi) is 6.57. The standard InChI is InChI=1S/C14H21NO3/c1-3-4-5-11(2)8-17-9-13-6-12(7-16)14(15)10-18-13/h3-5,12-13,15-16H,1-2,6-10H2/b5-4-,15-14?/t12-,13+/m0/s1. The Bertz CT molecular complexity index is 336. The van der Waals surface area contributed by atoms with Crippen molar-refractivity contribution >= 4 is 5.71 Å². The lowest BCUT2D eigenvalue weighted by Gasteiger charge is -2.29. The van der Waals surface area contributed by atoms with Gasteiger partial charge in [-0.3, -0.25) is 0 Å². The molecule has 1 fully saturated rings. The topological polar surface area (TPSA) is 62.5 Å². The van der Waals surface area contributed by atoms with Crippen LogP contribution in [0.1, 0.15) is 6.42 Å². The lowest BCUT2D eigenvalue weighted by Crippen LogP contribution is -2.37. The molecule has 0 aromatic carbocycles. The van der Waals surface area contributed by atoms with E-state index in [1.165, 1.54) is 0 Å². The first kappa shape index (κ1) is 14.8. The SMILES string of the molecule is C=C/C=C\C(=C)COC[C@H]1C[C@@H](CO)C(=N)CO1. The van der Waals surface area contributed by atoms with Crippen LogP contribution >= 0.6 is 0 Å². The summed E-state index contributed by atoms with van der Waals surface area (Å²) in [5.41, 5.74) is 1.34. The zero-order valence-electron chi connectivity index (χ0n) is 10.6. The summed E-state index contributed by atoms with van der Waals surface area (Å²) in [6, 6.07) is 0. The van der Waals surface area contributed by atoms with Gasteiger partial charge in [0.15, 0.2) is 0 Å². The quantitative estimate of drug-likeness (QED) is 0.677. The average Bonchev–Trinajstić information content (AvgIpc) is 2.38. The van der Waals surface area contributed by atoms with Crippen molar-refractivity contribution < 1.29 is 14.6 Å².